The van der Waals surface area contributed by atoms with E-state index in [-0.39, 0.29) is 29.3 Å². The SMILES string of the molecule is C=C1NC(=O)C=CN1[C@@H]1O[C@H](CO[P@](=O)(N[C@@H](C)C(=O)OC(C)C)Oc2ccccc2)[C@@H](O)[C@@]1(C)Cl.CC(C)OC(=O)[C@H](C)N[P@](=O)(OC[C@H]1O[C@@H](n2ccc(=O)[nH]c2=O)[C@](C)(Cl)[C@@H]1O)Oc1ccccc1. The normalized spacial score (nSPS) is 27.4. The molecule has 0 radical (unpaired) electrons. The van der Waals surface area contributed by atoms with Gasteiger partial charge in [0.15, 0.2) is 12.5 Å². The lowest BCUT2D eigenvalue weighted by molar-refractivity contribution is -0.150. The van der Waals surface area contributed by atoms with Crippen LogP contribution in [0.1, 0.15) is 61.6 Å². The van der Waals surface area contributed by atoms with Crippen molar-refractivity contribution in [3.8, 4) is 11.5 Å². The number of hydrogen-bond donors (Lipinski definition) is 6. The molecular weight excluding hydrogens is 1030 g/mol. The van der Waals surface area contributed by atoms with E-state index in [1.54, 1.807) is 95.3 Å². The first kappa shape index (κ1) is 58.0. The van der Waals surface area contributed by atoms with Crippen LogP contribution in [0.2, 0.25) is 0 Å². The summed E-state index contributed by atoms with van der Waals surface area (Å²) < 4.78 is 72.7. The van der Waals surface area contributed by atoms with Gasteiger partial charge >= 0.3 is 33.1 Å². The van der Waals surface area contributed by atoms with Gasteiger partial charge in [-0.1, -0.05) is 43.0 Å². The van der Waals surface area contributed by atoms with E-state index >= 15 is 0 Å². The number of amides is 1. The summed E-state index contributed by atoms with van der Waals surface area (Å²) in [7, 11) is -8.40. The van der Waals surface area contributed by atoms with Crippen molar-refractivity contribution < 1.29 is 70.8 Å². The van der Waals surface area contributed by atoms with Gasteiger partial charge in [0.05, 0.1) is 25.4 Å². The number of benzene rings is 2. The summed E-state index contributed by atoms with van der Waals surface area (Å²) in [4.78, 5) is 60.5. The molecule has 4 heterocycles. The number of aromatic amines is 1. The number of alkyl halides is 2. The molecule has 2 saturated heterocycles. The fourth-order valence-electron chi connectivity index (χ4n) is 7.03. The van der Waals surface area contributed by atoms with Crippen LogP contribution in [0.15, 0.2) is 107 Å². The predicted molar refractivity (Wildman–Crippen MR) is 262 cm³/mol. The van der Waals surface area contributed by atoms with Crippen molar-refractivity contribution in [2.45, 2.75) is 126 Å². The number of carbonyl (C=O) groups is 3. The van der Waals surface area contributed by atoms with Gasteiger partial charge in [-0.3, -0.25) is 37.8 Å². The number of aromatic nitrogens is 2. The molecule has 0 aliphatic carbocycles. The number of carbonyl (C=O) groups excluding carboxylic acids is 3. The second-order valence-electron chi connectivity index (χ2n) is 17.5. The first-order valence-electron chi connectivity index (χ1n) is 22.4. The molecule has 2 fully saturated rings. The quantitative estimate of drug-likeness (QED) is 0.0514. The van der Waals surface area contributed by atoms with Crippen LogP contribution in [0.4, 0.5) is 0 Å². The molecule has 3 aliphatic rings. The number of rotatable bonds is 20. The van der Waals surface area contributed by atoms with Crippen molar-refractivity contribution in [2.75, 3.05) is 13.2 Å². The Balaban J connectivity index is 0.000000267. The monoisotopic (exact) mass is 1090 g/mol. The number of para-hydroxylation sites is 2. The van der Waals surface area contributed by atoms with Crippen LogP contribution in [0.25, 0.3) is 0 Å². The molecule has 1 aromatic heterocycles. The molecule has 1 amide bonds. The molecule has 23 nitrogen and oxygen atoms in total. The van der Waals surface area contributed by atoms with Gasteiger partial charge in [-0.2, -0.15) is 10.2 Å². The smallest absolute Gasteiger partial charge is 0.459 e. The van der Waals surface area contributed by atoms with Crippen molar-refractivity contribution in [3.05, 3.63) is 118 Å². The Morgan fingerprint density at radius 3 is 1.60 bits per heavy atom. The zero-order valence-corrected chi connectivity index (χ0v) is 43.8. The van der Waals surface area contributed by atoms with E-state index in [0.717, 1.165) is 10.6 Å². The average Bonchev–Trinajstić information content (AvgIpc) is 3.66. The number of nitrogens with one attached hydrogen (secondary N) is 4. The highest BCUT2D eigenvalue weighted by atomic mass is 35.5. The summed E-state index contributed by atoms with van der Waals surface area (Å²) in [6, 6.07) is 15.4. The molecule has 72 heavy (non-hydrogen) atoms. The van der Waals surface area contributed by atoms with E-state index in [2.05, 4.69) is 27.1 Å². The molecular formula is C45H60Cl2N6O17P2. The van der Waals surface area contributed by atoms with Crippen LogP contribution in [-0.4, -0.2) is 120 Å². The number of halogens is 2. The van der Waals surface area contributed by atoms with Gasteiger partial charge in [-0.25, -0.2) is 13.9 Å². The molecule has 6 N–H and O–H groups in total. The lowest BCUT2D eigenvalue weighted by Crippen LogP contribution is -2.50. The summed E-state index contributed by atoms with van der Waals surface area (Å²) in [6.07, 6.45) is -3.82. The van der Waals surface area contributed by atoms with Gasteiger partial charge in [0, 0.05) is 24.5 Å². The van der Waals surface area contributed by atoms with Crippen molar-refractivity contribution in [2.24, 2.45) is 0 Å². The van der Waals surface area contributed by atoms with E-state index in [4.69, 9.17) is 60.2 Å². The number of esters is 2. The van der Waals surface area contributed by atoms with Crippen LogP contribution < -0.4 is 35.8 Å². The Hall–Kier alpha value is -4.87. The second kappa shape index (κ2) is 24.4. The summed E-state index contributed by atoms with van der Waals surface area (Å²) in [6.45, 7) is 15.5. The molecule has 396 valence electrons. The molecule has 0 saturated carbocycles. The zero-order chi connectivity index (χ0) is 53.3. The third kappa shape index (κ3) is 15.1. The van der Waals surface area contributed by atoms with Gasteiger partial charge in [-0.05, 0) is 79.7 Å². The fraction of sp³-hybridized carbons (Fsp3) is 0.489. The van der Waals surface area contributed by atoms with Crippen molar-refractivity contribution in [1.29, 1.82) is 0 Å². The average molecular weight is 1090 g/mol. The number of aliphatic hydroxyl groups is 2. The van der Waals surface area contributed by atoms with Crippen LogP contribution in [0.3, 0.4) is 0 Å². The Labute approximate surface area is 425 Å². The molecule has 27 heteroatoms. The minimum absolute atomic E-state index is 0.200. The number of aliphatic hydroxyl groups excluding tert-OH is 2. The van der Waals surface area contributed by atoms with E-state index in [1.807, 2.05) is 0 Å². The standard InChI is InChI=1S/C23H31ClN3O8P.C22H29ClN3O9P/c1-14(2)33-21(30)15(3)26-36(31,35-17-9-7-6-8-10-17)32-13-18-20(29)23(5,24)22(34-18)27-12-11-19(28)25-16(27)4;1-13(2)33-19(29)14(3)25-36(31,35-15-8-6-5-7-9-15)32-12-16-18(28)22(4,23)20(34-16)26-11-10-17(27)24-21(26)30/h6-12,14-15,18,20,22,29H,4,13H2,1-3,5H3,(H,25,28)(H,26,31);5-11,13-14,16,18,20,28H,12H2,1-4H3,(H,25,31)(H,24,27,30)/t15-,18+,20+,22+,23+,36+;14-,16+,18+,20+,22+,36-/m00/s1. The van der Waals surface area contributed by atoms with E-state index < -0.39 is 117 Å². The maximum absolute atomic E-state index is 13.7. The molecule has 6 rings (SSSR count). The number of hydrogen-bond acceptors (Lipinski definition) is 18. The van der Waals surface area contributed by atoms with Gasteiger partial charge < -0.3 is 48.4 Å². The van der Waals surface area contributed by atoms with Crippen molar-refractivity contribution >= 4 is 56.5 Å². The molecule has 3 aliphatic heterocycles. The van der Waals surface area contributed by atoms with Gasteiger partial charge in [0.1, 0.15) is 63.6 Å². The fourth-order valence-corrected chi connectivity index (χ4v) is 10.6. The van der Waals surface area contributed by atoms with Crippen LogP contribution in [0.5, 0.6) is 11.5 Å². The van der Waals surface area contributed by atoms with Crippen molar-refractivity contribution in [3.63, 3.8) is 0 Å². The maximum Gasteiger partial charge on any atom is 0.459 e. The molecule has 2 aromatic carbocycles. The van der Waals surface area contributed by atoms with E-state index in [1.165, 1.54) is 44.1 Å². The highest BCUT2D eigenvalue weighted by Crippen LogP contribution is 2.49. The van der Waals surface area contributed by atoms with Gasteiger partial charge in [0.2, 0.25) is 0 Å². The van der Waals surface area contributed by atoms with E-state index in [0.29, 0.717) is 0 Å². The number of H-pyrrole nitrogens is 1. The number of nitrogens with zero attached hydrogens (tertiary/aromatic N) is 2. The van der Waals surface area contributed by atoms with Crippen LogP contribution in [-0.2, 0) is 51.5 Å². The van der Waals surface area contributed by atoms with Gasteiger partial charge in [0.25, 0.3) is 11.5 Å². The Kier molecular flexibility index (Phi) is 19.7. The lowest BCUT2D eigenvalue weighted by Gasteiger charge is -2.36. The third-order valence-electron chi connectivity index (χ3n) is 10.6. The predicted octanol–water partition coefficient (Wildman–Crippen LogP) is 4.55. The molecule has 0 bridgehead atoms. The highest BCUT2D eigenvalue weighted by Gasteiger charge is 2.56. The Bertz CT molecular complexity index is 2620. The molecule has 0 unspecified atom stereocenters. The van der Waals surface area contributed by atoms with Crippen LogP contribution in [0, 0.1) is 0 Å². The first-order valence-corrected chi connectivity index (χ1v) is 26.3. The Morgan fingerprint density at radius 2 is 1.18 bits per heavy atom. The molecule has 0 spiro atoms. The first-order chi connectivity index (χ1) is 33.6. The topological polar surface area (TPSA) is 294 Å². The summed E-state index contributed by atoms with van der Waals surface area (Å²) in [5.74, 6) is -1.03. The largest absolute Gasteiger partial charge is 0.462 e. The minimum atomic E-state index is -4.22. The molecule has 12 atom stereocenters. The highest BCUT2D eigenvalue weighted by molar-refractivity contribution is 7.52. The summed E-state index contributed by atoms with van der Waals surface area (Å²) >= 11 is 13.2. The zero-order valence-electron chi connectivity index (χ0n) is 40.5. The summed E-state index contributed by atoms with van der Waals surface area (Å²) in [5.41, 5.74) is -1.40. The number of ether oxygens (including phenoxy) is 4. The van der Waals surface area contributed by atoms with Gasteiger partial charge in [-0.15, -0.1) is 23.2 Å². The minimum Gasteiger partial charge on any atom is -0.462 e. The Morgan fingerprint density at radius 1 is 0.750 bits per heavy atom. The summed E-state index contributed by atoms with van der Waals surface area (Å²) in [5, 5.41) is 29.3. The lowest BCUT2D eigenvalue weighted by atomic mass is 10.0. The molecule has 3 aromatic rings. The second-order valence-corrected chi connectivity index (χ2v) is 22.5. The van der Waals surface area contributed by atoms with Crippen molar-refractivity contribution in [1.82, 2.24) is 29.9 Å². The van der Waals surface area contributed by atoms with E-state index in [9.17, 15) is 43.3 Å². The maximum atomic E-state index is 13.7. The van der Waals surface area contributed by atoms with Crippen LogP contribution >= 0.6 is 38.7 Å². The third-order valence-corrected chi connectivity index (χ3v) is 14.7.